The molecular formula is C15H16N3. The lowest BCUT2D eigenvalue weighted by atomic mass is 10.1. The Labute approximate surface area is 107 Å². The van der Waals surface area contributed by atoms with Gasteiger partial charge in [-0.1, -0.05) is 24.3 Å². The summed E-state index contributed by atoms with van der Waals surface area (Å²) in [5.41, 5.74) is 6.80. The van der Waals surface area contributed by atoms with Gasteiger partial charge in [-0.2, -0.15) is 0 Å². The molecule has 1 N–H and O–H groups in total. The zero-order valence-electron chi connectivity index (χ0n) is 10.3. The van der Waals surface area contributed by atoms with Crippen LogP contribution in [0.4, 0.5) is 5.69 Å². The Morgan fingerprint density at radius 1 is 1.06 bits per heavy atom. The van der Waals surface area contributed by atoms with Gasteiger partial charge < -0.3 is 5.43 Å². The topological polar surface area (TPSA) is 28.2 Å². The zero-order valence-corrected chi connectivity index (χ0v) is 10.3. The molecule has 0 saturated carbocycles. The molecule has 1 fully saturated rings. The Morgan fingerprint density at radius 2 is 1.89 bits per heavy atom. The second kappa shape index (κ2) is 5.19. The number of aromatic nitrogens is 1. The fourth-order valence-corrected chi connectivity index (χ4v) is 2.29. The van der Waals surface area contributed by atoms with E-state index in [1.807, 2.05) is 18.2 Å². The molecule has 2 heterocycles. The molecule has 2 aromatic rings. The van der Waals surface area contributed by atoms with Gasteiger partial charge in [-0.05, 0) is 25.0 Å². The lowest BCUT2D eigenvalue weighted by Crippen LogP contribution is -2.26. The van der Waals surface area contributed by atoms with Gasteiger partial charge in [-0.3, -0.25) is 4.98 Å². The highest BCUT2D eigenvalue weighted by Crippen LogP contribution is 2.27. The van der Waals surface area contributed by atoms with Gasteiger partial charge in [0, 0.05) is 30.4 Å². The molecule has 91 valence electrons. The van der Waals surface area contributed by atoms with Gasteiger partial charge in [0.2, 0.25) is 0 Å². The van der Waals surface area contributed by atoms with E-state index in [0.29, 0.717) is 0 Å². The third-order valence-corrected chi connectivity index (χ3v) is 3.21. The second-order valence-electron chi connectivity index (χ2n) is 4.51. The average molecular weight is 238 g/mol. The summed E-state index contributed by atoms with van der Waals surface area (Å²) in [6.45, 7) is 2.23. The van der Waals surface area contributed by atoms with Crippen LogP contribution in [0.15, 0.2) is 42.6 Å². The number of hydrogen-bond donors (Lipinski definition) is 1. The SMILES string of the molecule is [c]1ncccc1-c1ccccc1NN1CCCC1. The highest BCUT2D eigenvalue weighted by atomic mass is 15.5. The Hall–Kier alpha value is -1.87. The predicted molar refractivity (Wildman–Crippen MR) is 72.9 cm³/mol. The molecule has 0 unspecified atom stereocenters. The molecule has 1 aromatic carbocycles. The smallest absolute Gasteiger partial charge is 0.0971 e. The minimum atomic E-state index is 1.03. The van der Waals surface area contributed by atoms with Crippen LogP contribution in [0.3, 0.4) is 0 Å². The van der Waals surface area contributed by atoms with Crippen molar-refractivity contribution in [3.63, 3.8) is 0 Å². The van der Waals surface area contributed by atoms with E-state index in [9.17, 15) is 0 Å². The summed E-state index contributed by atoms with van der Waals surface area (Å²) in [6, 6.07) is 12.3. The van der Waals surface area contributed by atoms with Crippen LogP contribution in [-0.4, -0.2) is 23.1 Å². The molecule has 0 aliphatic carbocycles. The van der Waals surface area contributed by atoms with E-state index in [-0.39, 0.29) is 0 Å². The molecule has 1 aromatic heterocycles. The van der Waals surface area contributed by atoms with E-state index in [2.05, 4.69) is 39.8 Å². The van der Waals surface area contributed by atoms with Crippen molar-refractivity contribution in [3.05, 3.63) is 48.8 Å². The molecule has 1 aliphatic heterocycles. The van der Waals surface area contributed by atoms with Gasteiger partial charge in [-0.15, -0.1) is 0 Å². The monoisotopic (exact) mass is 238 g/mol. The minimum Gasteiger partial charge on any atom is -0.318 e. The van der Waals surface area contributed by atoms with Gasteiger partial charge in [0.25, 0.3) is 0 Å². The van der Waals surface area contributed by atoms with Gasteiger partial charge in [-0.25, -0.2) is 5.01 Å². The van der Waals surface area contributed by atoms with Crippen molar-refractivity contribution in [2.45, 2.75) is 12.8 Å². The molecular weight excluding hydrogens is 222 g/mol. The van der Waals surface area contributed by atoms with Crippen LogP contribution in [-0.2, 0) is 0 Å². The first-order valence-corrected chi connectivity index (χ1v) is 6.37. The number of nitrogens with zero attached hydrogens (tertiary/aromatic N) is 2. The van der Waals surface area contributed by atoms with E-state index >= 15 is 0 Å². The summed E-state index contributed by atoms with van der Waals surface area (Å²) >= 11 is 0. The van der Waals surface area contributed by atoms with E-state index < -0.39 is 0 Å². The highest BCUT2D eigenvalue weighted by Gasteiger charge is 2.13. The van der Waals surface area contributed by atoms with Crippen LogP contribution in [0.25, 0.3) is 11.1 Å². The molecule has 3 nitrogen and oxygen atoms in total. The number of anilines is 1. The summed E-state index contributed by atoms with van der Waals surface area (Å²) in [5, 5.41) is 2.27. The maximum atomic E-state index is 4.07. The molecule has 1 saturated heterocycles. The Kier molecular flexibility index (Phi) is 3.24. The molecule has 0 amide bonds. The first kappa shape index (κ1) is 11.2. The number of rotatable bonds is 3. The largest absolute Gasteiger partial charge is 0.318 e. The van der Waals surface area contributed by atoms with E-state index in [1.165, 1.54) is 12.8 Å². The lowest BCUT2D eigenvalue weighted by Gasteiger charge is -2.20. The van der Waals surface area contributed by atoms with Crippen LogP contribution in [0, 0.1) is 6.20 Å². The number of para-hydroxylation sites is 1. The van der Waals surface area contributed by atoms with Crippen molar-refractivity contribution in [1.82, 2.24) is 9.99 Å². The maximum Gasteiger partial charge on any atom is 0.0971 e. The first-order valence-electron chi connectivity index (χ1n) is 6.37. The standard InChI is InChI=1S/C15H16N3/c1-2-8-15(17-18-10-3-4-11-18)14(7-1)13-6-5-9-16-12-13/h1-2,5-9,17H,3-4,10-11H2. The fraction of sp³-hybridized carbons (Fsp3) is 0.267. The van der Waals surface area contributed by atoms with Crippen LogP contribution in [0.5, 0.6) is 0 Å². The van der Waals surface area contributed by atoms with Crippen molar-refractivity contribution in [3.8, 4) is 11.1 Å². The molecule has 0 bridgehead atoms. The van der Waals surface area contributed by atoms with Gasteiger partial charge in [0.05, 0.1) is 11.9 Å². The Balaban J connectivity index is 1.90. The summed E-state index contributed by atoms with van der Waals surface area (Å²) in [6.07, 6.45) is 7.34. The van der Waals surface area contributed by atoms with Gasteiger partial charge in [0.15, 0.2) is 0 Å². The number of hydrazine groups is 1. The van der Waals surface area contributed by atoms with Crippen molar-refractivity contribution >= 4 is 5.69 Å². The summed E-state index contributed by atoms with van der Waals surface area (Å²) < 4.78 is 0. The maximum absolute atomic E-state index is 4.07. The van der Waals surface area contributed by atoms with Crippen molar-refractivity contribution in [2.75, 3.05) is 18.5 Å². The van der Waals surface area contributed by atoms with E-state index in [4.69, 9.17) is 0 Å². The molecule has 0 atom stereocenters. The van der Waals surface area contributed by atoms with Crippen molar-refractivity contribution in [2.24, 2.45) is 0 Å². The normalized spacial score (nSPS) is 15.8. The number of nitrogens with one attached hydrogen (secondary N) is 1. The Bertz CT molecular complexity index is 504. The molecule has 3 heteroatoms. The minimum absolute atomic E-state index is 1.03. The lowest BCUT2D eigenvalue weighted by molar-refractivity contribution is 0.410. The summed E-state index contributed by atoms with van der Waals surface area (Å²) in [4.78, 5) is 4.07. The number of pyridine rings is 1. The summed E-state index contributed by atoms with van der Waals surface area (Å²) in [7, 11) is 0. The molecule has 0 spiro atoms. The molecule has 1 aliphatic rings. The number of benzene rings is 1. The zero-order chi connectivity index (χ0) is 12.2. The van der Waals surface area contributed by atoms with Gasteiger partial charge >= 0.3 is 0 Å². The Morgan fingerprint density at radius 3 is 2.67 bits per heavy atom. The second-order valence-corrected chi connectivity index (χ2v) is 4.51. The molecule has 18 heavy (non-hydrogen) atoms. The van der Waals surface area contributed by atoms with Gasteiger partial charge in [0.1, 0.15) is 0 Å². The number of hydrogen-bond acceptors (Lipinski definition) is 3. The fourth-order valence-electron chi connectivity index (χ4n) is 2.29. The third kappa shape index (κ3) is 2.36. The molecule has 1 radical (unpaired) electrons. The van der Waals surface area contributed by atoms with E-state index in [1.54, 1.807) is 6.20 Å². The van der Waals surface area contributed by atoms with Crippen LogP contribution < -0.4 is 5.43 Å². The van der Waals surface area contributed by atoms with E-state index in [0.717, 1.165) is 29.9 Å². The predicted octanol–water partition coefficient (Wildman–Crippen LogP) is 2.97. The quantitative estimate of drug-likeness (QED) is 0.891. The van der Waals surface area contributed by atoms with Crippen molar-refractivity contribution in [1.29, 1.82) is 0 Å². The van der Waals surface area contributed by atoms with Crippen LogP contribution in [0.2, 0.25) is 0 Å². The van der Waals surface area contributed by atoms with Crippen molar-refractivity contribution < 1.29 is 0 Å². The molecule has 3 rings (SSSR count). The third-order valence-electron chi connectivity index (χ3n) is 3.21. The first-order chi connectivity index (χ1) is 8.93. The average Bonchev–Trinajstić information content (AvgIpc) is 2.93. The summed E-state index contributed by atoms with van der Waals surface area (Å²) in [5.74, 6) is 0. The highest BCUT2D eigenvalue weighted by molar-refractivity contribution is 5.76. The van der Waals surface area contributed by atoms with Crippen LogP contribution >= 0.6 is 0 Å². The van der Waals surface area contributed by atoms with Crippen LogP contribution in [0.1, 0.15) is 12.8 Å².